The van der Waals surface area contributed by atoms with Crippen LogP contribution in [-0.2, 0) is 0 Å². The highest BCUT2D eigenvalue weighted by atomic mass is 16.3. The first-order valence-corrected chi connectivity index (χ1v) is 6.10. The number of hydrogen-bond donors (Lipinski definition) is 2. The minimum atomic E-state index is -0.820. The minimum Gasteiger partial charge on any atom is -0.332 e. The Morgan fingerprint density at radius 2 is 2.24 bits per heavy atom. The molecular formula is C12H17N4O+. The Labute approximate surface area is 99.9 Å². The quantitative estimate of drug-likeness (QED) is 0.379. The van der Waals surface area contributed by atoms with Gasteiger partial charge in [0.2, 0.25) is 6.35 Å². The second-order valence-electron chi connectivity index (χ2n) is 6.01. The molecule has 4 aliphatic rings. The normalized spacial score (nSPS) is 49.2. The lowest BCUT2D eigenvalue weighted by molar-refractivity contribution is -0.907. The number of nitrogens with two attached hydrogens (primary N) is 1. The van der Waals surface area contributed by atoms with Gasteiger partial charge in [-0.25, -0.2) is 9.98 Å². The molecule has 1 saturated heterocycles. The van der Waals surface area contributed by atoms with Crippen molar-refractivity contribution in [3.63, 3.8) is 0 Å². The first kappa shape index (κ1) is 9.94. The van der Waals surface area contributed by atoms with E-state index in [2.05, 4.69) is 23.8 Å². The van der Waals surface area contributed by atoms with Gasteiger partial charge in [-0.2, -0.15) is 0 Å². The van der Waals surface area contributed by atoms with Gasteiger partial charge in [0.05, 0.1) is 5.92 Å². The van der Waals surface area contributed by atoms with Crippen LogP contribution in [0.1, 0.15) is 20.8 Å². The zero-order chi connectivity index (χ0) is 12.2. The molecule has 0 bridgehead atoms. The number of amidine groups is 1. The first-order chi connectivity index (χ1) is 7.94. The Morgan fingerprint density at radius 1 is 1.53 bits per heavy atom. The van der Waals surface area contributed by atoms with Crippen LogP contribution in [0.5, 0.6) is 0 Å². The number of aliphatic hydroxyl groups excluding tert-OH is 1. The minimum absolute atomic E-state index is 0.190. The van der Waals surface area contributed by atoms with E-state index in [4.69, 9.17) is 5.73 Å². The molecule has 4 unspecified atom stereocenters. The van der Waals surface area contributed by atoms with E-state index in [0.717, 1.165) is 11.5 Å². The highest BCUT2D eigenvalue weighted by Crippen LogP contribution is 2.73. The predicted octanol–water partition coefficient (Wildman–Crippen LogP) is -0.0325. The summed E-state index contributed by atoms with van der Waals surface area (Å²) in [6.45, 7) is 6.19. The largest absolute Gasteiger partial charge is 0.332 e. The molecule has 3 N–H and O–H groups in total. The molecule has 0 amide bonds. The fourth-order valence-corrected chi connectivity index (χ4v) is 4.49. The molecule has 4 rings (SSSR count). The number of hydrogen-bond acceptors (Lipinski definition) is 4. The number of fused-ring (bicyclic) bond motifs is 2. The molecule has 3 heterocycles. The molecule has 0 spiro atoms. The molecule has 17 heavy (non-hydrogen) atoms. The van der Waals surface area contributed by atoms with Crippen LogP contribution in [0.4, 0.5) is 0 Å². The fourth-order valence-electron chi connectivity index (χ4n) is 4.49. The summed E-state index contributed by atoms with van der Waals surface area (Å²) in [6.07, 6.45) is 1.17. The second kappa shape index (κ2) is 2.39. The fraction of sp³-hybridized carbons (Fsp3) is 0.667. The van der Waals surface area contributed by atoms with Crippen LogP contribution < -0.4 is 5.73 Å². The first-order valence-electron chi connectivity index (χ1n) is 6.10. The average Bonchev–Trinajstić information content (AvgIpc) is 2.78. The van der Waals surface area contributed by atoms with E-state index >= 15 is 0 Å². The Hall–Kier alpha value is -1.04. The molecule has 0 radical (unpaired) electrons. The molecule has 5 nitrogen and oxygen atoms in total. The standard InChI is InChI=1S/C12H17N4O/c1-5-14-4-6-7-9-8(6)16(9,11(13)17)12(2,3)10(7)15-5/h4,6,8-9,11,17H,13H2,1-3H3/q+1/t6?,8?,9?,11-,16?/m1/s1. The summed E-state index contributed by atoms with van der Waals surface area (Å²) < 4.78 is 0.575. The summed E-state index contributed by atoms with van der Waals surface area (Å²) >= 11 is 0. The maximum atomic E-state index is 10.0. The molecule has 5 heteroatoms. The molecule has 2 fully saturated rings. The van der Waals surface area contributed by atoms with E-state index in [1.807, 2.05) is 13.1 Å². The van der Waals surface area contributed by atoms with Gasteiger partial charge in [-0.1, -0.05) is 0 Å². The Morgan fingerprint density at radius 3 is 2.82 bits per heavy atom. The van der Waals surface area contributed by atoms with Gasteiger partial charge >= 0.3 is 0 Å². The van der Waals surface area contributed by atoms with Crippen LogP contribution in [0.25, 0.3) is 0 Å². The molecule has 1 aliphatic carbocycles. The van der Waals surface area contributed by atoms with Gasteiger partial charge in [-0.3, -0.25) is 10.2 Å². The van der Waals surface area contributed by atoms with Crippen molar-refractivity contribution in [2.75, 3.05) is 0 Å². The van der Waals surface area contributed by atoms with Crippen LogP contribution >= 0.6 is 0 Å². The number of quaternary nitrogens is 1. The van der Waals surface area contributed by atoms with Crippen molar-refractivity contribution in [3.05, 3.63) is 11.3 Å². The highest BCUT2D eigenvalue weighted by Gasteiger charge is 2.91. The smallest absolute Gasteiger partial charge is 0.250 e. The van der Waals surface area contributed by atoms with Crippen molar-refractivity contribution < 1.29 is 9.59 Å². The SMILES string of the molecule is CC1=NC2=C3C(C=N1)C1C3[N+]1([C@@H](N)O)C2(C)C. The lowest BCUT2D eigenvalue weighted by Crippen LogP contribution is -2.59. The third-order valence-corrected chi connectivity index (χ3v) is 5.19. The van der Waals surface area contributed by atoms with E-state index < -0.39 is 6.35 Å². The molecule has 0 aromatic rings. The van der Waals surface area contributed by atoms with Crippen molar-refractivity contribution in [2.45, 2.75) is 44.7 Å². The zero-order valence-corrected chi connectivity index (χ0v) is 10.3. The van der Waals surface area contributed by atoms with E-state index in [1.54, 1.807) is 0 Å². The predicted molar refractivity (Wildman–Crippen MR) is 64.2 cm³/mol. The van der Waals surface area contributed by atoms with Crippen LogP contribution in [0.3, 0.4) is 0 Å². The van der Waals surface area contributed by atoms with E-state index in [-0.39, 0.29) is 5.54 Å². The van der Waals surface area contributed by atoms with Crippen molar-refractivity contribution in [3.8, 4) is 0 Å². The summed E-state index contributed by atoms with van der Waals surface area (Å²) in [6, 6.07) is 0.819. The highest BCUT2D eigenvalue weighted by molar-refractivity contribution is 5.93. The third kappa shape index (κ3) is 0.723. The van der Waals surface area contributed by atoms with E-state index in [0.29, 0.717) is 22.5 Å². The van der Waals surface area contributed by atoms with Crippen LogP contribution in [-0.4, -0.2) is 45.6 Å². The topological polar surface area (TPSA) is 71.0 Å². The number of rotatable bonds is 1. The van der Waals surface area contributed by atoms with Gasteiger partial charge in [-0.05, 0) is 20.8 Å². The van der Waals surface area contributed by atoms with E-state index in [1.165, 1.54) is 5.57 Å². The molecule has 0 aromatic heterocycles. The molecule has 90 valence electrons. The van der Waals surface area contributed by atoms with Gasteiger partial charge in [0.15, 0.2) is 12.1 Å². The Balaban J connectivity index is 1.96. The maximum absolute atomic E-state index is 10.0. The second-order valence-corrected chi connectivity index (χ2v) is 6.01. The monoisotopic (exact) mass is 233 g/mol. The number of aliphatic imine (C=N–C) groups is 2. The van der Waals surface area contributed by atoms with Gasteiger partial charge in [0.25, 0.3) is 0 Å². The zero-order valence-electron chi connectivity index (χ0n) is 10.3. The third-order valence-electron chi connectivity index (χ3n) is 5.19. The molecule has 5 atom stereocenters. The summed E-state index contributed by atoms with van der Waals surface area (Å²) in [4.78, 5) is 9.00. The summed E-state index contributed by atoms with van der Waals surface area (Å²) in [7, 11) is 0. The van der Waals surface area contributed by atoms with Crippen LogP contribution in [0.2, 0.25) is 0 Å². The Bertz CT molecular complexity index is 531. The van der Waals surface area contributed by atoms with Crippen LogP contribution in [0.15, 0.2) is 21.3 Å². The van der Waals surface area contributed by atoms with Crippen LogP contribution in [0, 0.1) is 5.92 Å². The maximum Gasteiger partial charge on any atom is 0.250 e. The van der Waals surface area contributed by atoms with Crippen molar-refractivity contribution in [2.24, 2.45) is 21.6 Å². The van der Waals surface area contributed by atoms with Crippen molar-refractivity contribution in [1.29, 1.82) is 0 Å². The average molecular weight is 233 g/mol. The van der Waals surface area contributed by atoms with Gasteiger partial charge < -0.3 is 5.11 Å². The number of nitrogens with zero attached hydrogens (tertiary/aromatic N) is 3. The van der Waals surface area contributed by atoms with Gasteiger partial charge in [0, 0.05) is 11.8 Å². The molecule has 1 saturated carbocycles. The van der Waals surface area contributed by atoms with Crippen molar-refractivity contribution >= 4 is 12.1 Å². The van der Waals surface area contributed by atoms with Crippen molar-refractivity contribution in [1.82, 2.24) is 0 Å². The number of aliphatic hydroxyl groups is 1. The van der Waals surface area contributed by atoms with E-state index in [9.17, 15) is 5.11 Å². The molecular weight excluding hydrogens is 216 g/mol. The summed E-state index contributed by atoms with van der Waals surface area (Å²) in [5, 5.41) is 10.0. The lowest BCUT2D eigenvalue weighted by Gasteiger charge is -2.39. The Kier molecular flexibility index (Phi) is 1.39. The van der Waals surface area contributed by atoms with Gasteiger partial charge in [0.1, 0.15) is 17.1 Å². The molecule has 3 aliphatic heterocycles. The summed E-state index contributed by atoms with van der Waals surface area (Å²) in [5.74, 6) is 1.16. The van der Waals surface area contributed by atoms with Gasteiger partial charge in [-0.15, -0.1) is 0 Å². The lowest BCUT2D eigenvalue weighted by atomic mass is 9.75. The molecule has 0 aromatic carbocycles. The summed E-state index contributed by atoms with van der Waals surface area (Å²) in [5.41, 5.74) is 8.15.